The van der Waals surface area contributed by atoms with Crippen molar-refractivity contribution in [1.82, 2.24) is 4.90 Å². The summed E-state index contributed by atoms with van der Waals surface area (Å²) in [5.41, 5.74) is 0.641. The molecule has 0 atom stereocenters. The Bertz CT molecular complexity index is 641. The van der Waals surface area contributed by atoms with E-state index in [0.717, 1.165) is 11.8 Å². The Labute approximate surface area is 133 Å². The Kier molecular flexibility index (Phi) is 4.97. The van der Waals surface area contributed by atoms with E-state index in [4.69, 9.17) is 14.2 Å². The van der Waals surface area contributed by atoms with Crippen LogP contribution in [0.5, 0.6) is 17.2 Å². The highest BCUT2D eigenvalue weighted by molar-refractivity contribution is 8.18. The normalized spacial score (nSPS) is 16.4. The third-order valence-electron chi connectivity index (χ3n) is 3.21. The van der Waals surface area contributed by atoms with E-state index in [2.05, 4.69) is 0 Å². The predicted molar refractivity (Wildman–Crippen MR) is 84.4 cm³/mol. The van der Waals surface area contributed by atoms with E-state index < -0.39 is 0 Å². The van der Waals surface area contributed by atoms with Crippen molar-refractivity contribution in [3.8, 4) is 17.2 Å². The Morgan fingerprint density at radius 1 is 1.09 bits per heavy atom. The molecule has 0 saturated carbocycles. The summed E-state index contributed by atoms with van der Waals surface area (Å²) in [5.74, 6) is 1.12. The number of thioether (sulfide) groups is 1. The van der Waals surface area contributed by atoms with E-state index in [1.165, 1.54) is 26.2 Å². The maximum Gasteiger partial charge on any atom is 0.293 e. The number of methoxy groups -OCH3 is 3. The molecule has 1 aromatic carbocycles. The van der Waals surface area contributed by atoms with Crippen LogP contribution in [0, 0.1) is 0 Å². The molecule has 0 unspecified atom stereocenters. The average Bonchev–Trinajstić information content (AvgIpc) is 2.80. The standard InChI is InChI=1S/C15H17NO5S/c1-5-16-14(17)11(22-15(16)18)8-9-6-7-10(19-2)13(21-4)12(9)20-3/h6-8H,5H2,1-4H3/b11-8+. The second-order valence-electron chi connectivity index (χ2n) is 4.35. The molecule has 0 aromatic heterocycles. The van der Waals surface area contributed by atoms with Crippen molar-refractivity contribution in [2.75, 3.05) is 27.9 Å². The highest BCUT2D eigenvalue weighted by Gasteiger charge is 2.34. The number of hydrogen-bond acceptors (Lipinski definition) is 6. The van der Waals surface area contributed by atoms with Gasteiger partial charge in [-0.3, -0.25) is 14.5 Å². The van der Waals surface area contributed by atoms with Crippen LogP contribution < -0.4 is 14.2 Å². The SMILES string of the molecule is CCN1C(=O)S/C(=C/c2ccc(OC)c(OC)c2OC)C1=O. The third kappa shape index (κ3) is 2.76. The molecule has 2 amide bonds. The number of hydrogen-bond donors (Lipinski definition) is 0. The number of rotatable bonds is 5. The van der Waals surface area contributed by atoms with E-state index >= 15 is 0 Å². The van der Waals surface area contributed by atoms with Crippen molar-refractivity contribution in [3.63, 3.8) is 0 Å². The van der Waals surface area contributed by atoms with Crippen molar-refractivity contribution in [1.29, 1.82) is 0 Å². The van der Waals surface area contributed by atoms with Gasteiger partial charge < -0.3 is 14.2 Å². The first-order valence-electron chi connectivity index (χ1n) is 6.61. The summed E-state index contributed by atoms with van der Waals surface area (Å²) >= 11 is 0.915. The minimum absolute atomic E-state index is 0.266. The number of imide groups is 1. The lowest BCUT2D eigenvalue weighted by Gasteiger charge is -2.14. The van der Waals surface area contributed by atoms with Crippen molar-refractivity contribution in [2.24, 2.45) is 0 Å². The number of likely N-dealkylation sites (N-methyl/N-ethyl adjacent to an activating group) is 1. The molecular weight excluding hydrogens is 306 g/mol. The van der Waals surface area contributed by atoms with E-state index in [1.54, 1.807) is 25.1 Å². The Hall–Kier alpha value is -2.15. The zero-order chi connectivity index (χ0) is 16.3. The van der Waals surface area contributed by atoms with Crippen LogP contribution in [0.4, 0.5) is 4.79 Å². The Morgan fingerprint density at radius 2 is 1.77 bits per heavy atom. The first kappa shape index (κ1) is 16.2. The van der Waals surface area contributed by atoms with Crippen LogP contribution in [0.2, 0.25) is 0 Å². The van der Waals surface area contributed by atoms with E-state index in [-0.39, 0.29) is 11.1 Å². The maximum absolute atomic E-state index is 12.1. The van der Waals surface area contributed by atoms with Gasteiger partial charge in [0.25, 0.3) is 11.1 Å². The average molecular weight is 323 g/mol. The van der Waals surface area contributed by atoms with Crippen LogP contribution >= 0.6 is 11.8 Å². The molecule has 1 aliphatic heterocycles. The molecule has 7 heteroatoms. The third-order valence-corrected chi connectivity index (χ3v) is 4.12. The Balaban J connectivity index is 2.48. The number of ether oxygens (including phenoxy) is 3. The minimum atomic E-state index is -0.297. The highest BCUT2D eigenvalue weighted by Crippen LogP contribution is 2.42. The summed E-state index contributed by atoms with van der Waals surface area (Å²) < 4.78 is 15.9. The monoisotopic (exact) mass is 323 g/mol. The van der Waals surface area contributed by atoms with Crippen LogP contribution in [0.1, 0.15) is 12.5 Å². The Morgan fingerprint density at radius 3 is 2.27 bits per heavy atom. The fraction of sp³-hybridized carbons (Fsp3) is 0.333. The molecule has 0 radical (unpaired) electrons. The van der Waals surface area contributed by atoms with Gasteiger partial charge in [0.1, 0.15) is 0 Å². The summed E-state index contributed by atoms with van der Waals surface area (Å²) in [5, 5.41) is -0.266. The van der Waals surface area contributed by atoms with Gasteiger partial charge in [-0.05, 0) is 36.9 Å². The molecule has 1 aliphatic rings. The van der Waals surface area contributed by atoms with Gasteiger partial charge in [-0.15, -0.1) is 0 Å². The van der Waals surface area contributed by atoms with Crippen molar-refractivity contribution < 1.29 is 23.8 Å². The van der Waals surface area contributed by atoms with Gasteiger partial charge in [0, 0.05) is 12.1 Å². The second-order valence-corrected chi connectivity index (χ2v) is 5.34. The van der Waals surface area contributed by atoms with Gasteiger partial charge >= 0.3 is 0 Å². The number of benzene rings is 1. The summed E-state index contributed by atoms with van der Waals surface area (Å²) in [6.45, 7) is 2.11. The van der Waals surface area contributed by atoms with Crippen molar-refractivity contribution in [2.45, 2.75) is 6.92 Å². The summed E-state index contributed by atoms with van der Waals surface area (Å²) in [7, 11) is 4.55. The van der Waals surface area contributed by atoms with Crippen LogP contribution in [0.15, 0.2) is 17.0 Å². The van der Waals surface area contributed by atoms with Gasteiger partial charge in [0.15, 0.2) is 11.5 Å². The molecule has 0 N–H and O–H groups in total. The molecule has 118 valence electrons. The summed E-state index contributed by atoms with van der Waals surface area (Å²) in [6.07, 6.45) is 1.63. The molecule has 1 aromatic rings. The van der Waals surface area contributed by atoms with Gasteiger partial charge in [-0.2, -0.15) is 0 Å². The summed E-state index contributed by atoms with van der Waals surface area (Å²) in [4.78, 5) is 25.5. The van der Waals surface area contributed by atoms with Gasteiger partial charge in [0.05, 0.1) is 26.2 Å². The minimum Gasteiger partial charge on any atom is -0.493 e. The molecule has 0 aliphatic carbocycles. The molecular formula is C15H17NO5S. The number of amides is 2. The van der Waals surface area contributed by atoms with Crippen LogP contribution in [0.25, 0.3) is 6.08 Å². The molecule has 1 heterocycles. The molecule has 0 spiro atoms. The van der Waals surface area contributed by atoms with E-state index in [9.17, 15) is 9.59 Å². The molecule has 1 fully saturated rings. The zero-order valence-electron chi connectivity index (χ0n) is 12.8. The lowest BCUT2D eigenvalue weighted by Crippen LogP contribution is -2.27. The fourth-order valence-corrected chi connectivity index (χ4v) is 3.05. The zero-order valence-corrected chi connectivity index (χ0v) is 13.7. The number of nitrogens with zero attached hydrogens (tertiary/aromatic N) is 1. The van der Waals surface area contributed by atoms with E-state index in [0.29, 0.717) is 34.3 Å². The lowest BCUT2D eigenvalue weighted by atomic mass is 10.1. The lowest BCUT2D eigenvalue weighted by molar-refractivity contribution is -0.122. The van der Waals surface area contributed by atoms with Crippen LogP contribution in [-0.4, -0.2) is 43.9 Å². The van der Waals surface area contributed by atoms with Crippen LogP contribution in [0.3, 0.4) is 0 Å². The predicted octanol–water partition coefficient (Wildman–Crippen LogP) is 2.77. The van der Waals surface area contributed by atoms with Crippen molar-refractivity contribution >= 4 is 29.0 Å². The molecule has 6 nitrogen and oxygen atoms in total. The second kappa shape index (κ2) is 6.74. The highest BCUT2D eigenvalue weighted by atomic mass is 32.2. The smallest absolute Gasteiger partial charge is 0.293 e. The van der Waals surface area contributed by atoms with Gasteiger partial charge in [-0.1, -0.05) is 0 Å². The van der Waals surface area contributed by atoms with E-state index in [1.807, 2.05) is 0 Å². The van der Waals surface area contributed by atoms with Gasteiger partial charge in [-0.25, -0.2) is 0 Å². The maximum atomic E-state index is 12.1. The topological polar surface area (TPSA) is 65.1 Å². The molecule has 22 heavy (non-hydrogen) atoms. The number of carbonyl (C=O) groups is 2. The molecule has 0 bridgehead atoms. The van der Waals surface area contributed by atoms with Crippen molar-refractivity contribution in [3.05, 3.63) is 22.6 Å². The first-order valence-corrected chi connectivity index (χ1v) is 7.43. The largest absolute Gasteiger partial charge is 0.493 e. The quantitative estimate of drug-likeness (QED) is 0.776. The fourth-order valence-electron chi connectivity index (χ4n) is 2.15. The molecule has 1 saturated heterocycles. The first-order chi connectivity index (χ1) is 10.6. The van der Waals surface area contributed by atoms with Gasteiger partial charge in [0.2, 0.25) is 5.75 Å². The molecule has 2 rings (SSSR count). The number of carbonyl (C=O) groups excluding carboxylic acids is 2. The summed E-state index contributed by atoms with van der Waals surface area (Å²) in [6, 6.07) is 3.47. The van der Waals surface area contributed by atoms with Crippen LogP contribution in [-0.2, 0) is 4.79 Å².